The van der Waals surface area contributed by atoms with Crippen molar-refractivity contribution in [2.75, 3.05) is 0 Å². The minimum absolute atomic E-state index is 0.336. The molecule has 0 saturated heterocycles. The van der Waals surface area contributed by atoms with Gasteiger partial charge in [-0.25, -0.2) is 0 Å². The Balaban J connectivity index is 1.63. The van der Waals surface area contributed by atoms with Gasteiger partial charge in [0.15, 0.2) is 0 Å². The fourth-order valence-corrected chi connectivity index (χ4v) is 4.64. The van der Waals surface area contributed by atoms with Crippen LogP contribution in [0.4, 0.5) is 0 Å². The Kier molecular flexibility index (Phi) is 3.86. The molecule has 0 unspecified atom stereocenters. The summed E-state index contributed by atoms with van der Waals surface area (Å²) in [6, 6.07) is 9.12. The van der Waals surface area contributed by atoms with E-state index in [9.17, 15) is 0 Å². The minimum Gasteiger partial charge on any atom is -0.307 e. The predicted octanol–water partition coefficient (Wildman–Crippen LogP) is 4.82. The lowest BCUT2D eigenvalue weighted by Crippen LogP contribution is -2.37. The second-order valence-electron chi connectivity index (χ2n) is 6.54. The summed E-state index contributed by atoms with van der Waals surface area (Å²) in [5, 5.41) is 4.66. The molecule has 104 valence electrons. The highest BCUT2D eigenvalue weighted by atomic mass is 35.5. The van der Waals surface area contributed by atoms with Gasteiger partial charge in [-0.3, -0.25) is 0 Å². The van der Waals surface area contributed by atoms with Crippen LogP contribution in [0.5, 0.6) is 0 Å². The predicted molar refractivity (Wildman–Crippen MR) is 81.4 cm³/mol. The molecule has 3 rings (SSSR count). The minimum atomic E-state index is 0.336. The van der Waals surface area contributed by atoms with Gasteiger partial charge in [-0.1, -0.05) is 36.2 Å². The molecule has 1 aromatic carbocycles. The maximum Gasteiger partial charge on any atom is 0.0453 e. The molecule has 2 fully saturated rings. The summed E-state index contributed by atoms with van der Waals surface area (Å²) in [5.74, 6) is 2.88. The van der Waals surface area contributed by atoms with Crippen LogP contribution in [-0.4, -0.2) is 6.04 Å². The average Bonchev–Trinajstić information content (AvgIpc) is 3.01. The Morgan fingerprint density at radius 1 is 1.16 bits per heavy atom. The smallest absolute Gasteiger partial charge is 0.0453 e. The maximum absolute atomic E-state index is 6.29. The number of benzene rings is 1. The molecule has 1 N–H and O–H groups in total. The second kappa shape index (κ2) is 5.46. The van der Waals surface area contributed by atoms with Crippen LogP contribution < -0.4 is 5.32 Å². The Hall–Kier alpha value is -0.530. The molecule has 1 aromatic rings. The van der Waals surface area contributed by atoms with E-state index in [-0.39, 0.29) is 0 Å². The molecule has 0 aromatic heterocycles. The molecule has 2 bridgehead atoms. The molecular weight excluding hydrogens is 254 g/mol. The van der Waals surface area contributed by atoms with Gasteiger partial charge in [0.1, 0.15) is 0 Å². The van der Waals surface area contributed by atoms with Crippen LogP contribution in [0.2, 0.25) is 5.02 Å². The number of rotatable bonds is 4. The molecule has 19 heavy (non-hydrogen) atoms. The summed E-state index contributed by atoms with van der Waals surface area (Å²) in [6.45, 7) is 4.59. The Morgan fingerprint density at radius 2 is 1.95 bits per heavy atom. The van der Waals surface area contributed by atoms with Gasteiger partial charge in [-0.2, -0.15) is 0 Å². The van der Waals surface area contributed by atoms with E-state index in [1.54, 1.807) is 0 Å². The highest BCUT2D eigenvalue weighted by molar-refractivity contribution is 6.31. The quantitative estimate of drug-likeness (QED) is 0.832. The van der Waals surface area contributed by atoms with Crippen LogP contribution in [0.15, 0.2) is 24.3 Å². The van der Waals surface area contributed by atoms with E-state index in [0.29, 0.717) is 12.1 Å². The van der Waals surface area contributed by atoms with Crippen LogP contribution in [-0.2, 0) is 0 Å². The molecule has 1 nitrogen and oxygen atoms in total. The summed E-state index contributed by atoms with van der Waals surface area (Å²) in [4.78, 5) is 0. The number of halogens is 1. The zero-order valence-electron chi connectivity index (χ0n) is 11.9. The van der Waals surface area contributed by atoms with E-state index < -0.39 is 0 Å². The molecule has 0 radical (unpaired) electrons. The van der Waals surface area contributed by atoms with Crippen molar-refractivity contribution in [2.24, 2.45) is 17.8 Å². The van der Waals surface area contributed by atoms with Crippen LogP contribution in [0, 0.1) is 17.8 Å². The zero-order chi connectivity index (χ0) is 13.4. The Morgan fingerprint density at radius 3 is 2.58 bits per heavy atom. The van der Waals surface area contributed by atoms with Crippen molar-refractivity contribution in [3.8, 4) is 0 Å². The molecule has 0 amide bonds. The third kappa shape index (κ3) is 2.68. The van der Waals surface area contributed by atoms with Gasteiger partial charge in [-0.15, -0.1) is 0 Å². The van der Waals surface area contributed by atoms with Crippen molar-refractivity contribution in [1.29, 1.82) is 0 Å². The molecule has 0 spiro atoms. The van der Waals surface area contributed by atoms with Gasteiger partial charge in [-0.05, 0) is 62.5 Å². The van der Waals surface area contributed by atoms with E-state index in [2.05, 4.69) is 31.3 Å². The number of hydrogen-bond donors (Lipinski definition) is 1. The van der Waals surface area contributed by atoms with Gasteiger partial charge < -0.3 is 5.32 Å². The monoisotopic (exact) mass is 277 g/mol. The van der Waals surface area contributed by atoms with E-state index in [1.807, 2.05) is 12.1 Å². The van der Waals surface area contributed by atoms with Crippen molar-refractivity contribution < 1.29 is 0 Å². The van der Waals surface area contributed by atoms with Crippen LogP contribution in [0.3, 0.4) is 0 Å². The normalized spacial score (nSPS) is 32.5. The lowest BCUT2D eigenvalue weighted by atomic mass is 9.83. The lowest BCUT2D eigenvalue weighted by Gasteiger charge is -2.31. The topological polar surface area (TPSA) is 12.0 Å². The molecular formula is C17H24ClN. The average molecular weight is 278 g/mol. The molecule has 2 heteroatoms. The molecule has 0 aliphatic heterocycles. The SMILES string of the molecule is C[C@@H](N[C@H](C)[C@@H]1C[C@@H]2CC[C@@H]1C2)c1ccccc1Cl. The summed E-state index contributed by atoms with van der Waals surface area (Å²) in [7, 11) is 0. The summed E-state index contributed by atoms with van der Waals surface area (Å²) < 4.78 is 0. The Labute approximate surface area is 121 Å². The third-order valence-corrected chi connectivity index (χ3v) is 5.66. The summed E-state index contributed by atoms with van der Waals surface area (Å²) >= 11 is 6.29. The van der Waals surface area contributed by atoms with Crippen molar-refractivity contribution in [3.05, 3.63) is 34.9 Å². The van der Waals surface area contributed by atoms with Crippen molar-refractivity contribution in [2.45, 2.75) is 51.6 Å². The van der Waals surface area contributed by atoms with Crippen LogP contribution in [0.25, 0.3) is 0 Å². The standard InChI is InChI=1S/C17H24ClN/c1-11(15-5-3-4-6-17(15)18)19-12(2)16-10-13-7-8-14(16)9-13/h3-6,11-14,16,19H,7-10H2,1-2H3/t11-,12-,13-,14-,16+/m1/s1. The molecule has 2 saturated carbocycles. The first-order valence-corrected chi connectivity index (χ1v) is 8.03. The molecule has 2 aliphatic carbocycles. The largest absolute Gasteiger partial charge is 0.307 e. The van der Waals surface area contributed by atoms with Crippen molar-refractivity contribution >= 4 is 11.6 Å². The van der Waals surface area contributed by atoms with Gasteiger partial charge in [0.2, 0.25) is 0 Å². The zero-order valence-corrected chi connectivity index (χ0v) is 12.7. The number of nitrogens with one attached hydrogen (secondary N) is 1. The highest BCUT2D eigenvalue weighted by Crippen LogP contribution is 2.49. The summed E-state index contributed by atoms with van der Waals surface area (Å²) in [5.41, 5.74) is 1.22. The van der Waals surface area contributed by atoms with E-state index >= 15 is 0 Å². The van der Waals surface area contributed by atoms with Gasteiger partial charge in [0.05, 0.1) is 0 Å². The van der Waals surface area contributed by atoms with E-state index in [4.69, 9.17) is 11.6 Å². The first kappa shape index (κ1) is 13.5. The van der Waals surface area contributed by atoms with Gasteiger partial charge in [0, 0.05) is 17.1 Å². The lowest BCUT2D eigenvalue weighted by molar-refractivity contribution is 0.248. The van der Waals surface area contributed by atoms with Crippen LogP contribution >= 0.6 is 11.6 Å². The highest BCUT2D eigenvalue weighted by Gasteiger charge is 2.41. The number of hydrogen-bond acceptors (Lipinski definition) is 1. The fourth-order valence-electron chi connectivity index (χ4n) is 4.34. The van der Waals surface area contributed by atoms with Crippen molar-refractivity contribution in [3.63, 3.8) is 0 Å². The third-order valence-electron chi connectivity index (χ3n) is 5.32. The molecule has 2 aliphatic rings. The van der Waals surface area contributed by atoms with Crippen molar-refractivity contribution in [1.82, 2.24) is 5.32 Å². The molecule has 5 atom stereocenters. The van der Waals surface area contributed by atoms with E-state index in [0.717, 1.165) is 22.8 Å². The Bertz CT molecular complexity index is 445. The maximum atomic E-state index is 6.29. The number of fused-ring (bicyclic) bond motifs is 2. The molecule has 0 heterocycles. The van der Waals surface area contributed by atoms with Crippen LogP contribution in [0.1, 0.15) is 51.1 Å². The van der Waals surface area contributed by atoms with E-state index in [1.165, 1.54) is 31.2 Å². The van der Waals surface area contributed by atoms with Gasteiger partial charge >= 0.3 is 0 Å². The summed E-state index contributed by atoms with van der Waals surface area (Å²) in [6.07, 6.45) is 5.86. The second-order valence-corrected chi connectivity index (χ2v) is 6.94. The first-order valence-electron chi connectivity index (χ1n) is 7.65. The first-order chi connectivity index (χ1) is 9.15. The fraction of sp³-hybridized carbons (Fsp3) is 0.647. The van der Waals surface area contributed by atoms with Gasteiger partial charge in [0.25, 0.3) is 0 Å².